The van der Waals surface area contributed by atoms with E-state index in [0.29, 0.717) is 0 Å². The average Bonchev–Trinajstić information content (AvgIpc) is 2.49. The molecule has 0 aliphatic rings. The third-order valence-corrected chi connectivity index (χ3v) is 2.71. The van der Waals surface area contributed by atoms with Gasteiger partial charge >= 0.3 is 0 Å². The number of aryl methyl sites for hydroxylation is 1. The molecule has 0 amide bonds. The van der Waals surface area contributed by atoms with Gasteiger partial charge in [-0.2, -0.15) is 5.10 Å². The first-order valence-electron chi connectivity index (χ1n) is 5.08. The third-order valence-electron chi connectivity index (χ3n) is 2.34. The molecule has 0 aromatic carbocycles. The Hall–Kier alpha value is -0.540. The number of hydrogen-bond acceptors (Lipinski definition) is 2. The van der Waals surface area contributed by atoms with Crippen LogP contribution < -0.4 is 5.32 Å². The number of nitrogens with zero attached hydrogens (tertiary/aromatic N) is 2. The summed E-state index contributed by atoms with van der Waals surface area (Å²) in [6, 6.07) is 0. The van der Waals surface area contributed by atoms with Gasteiger partial charge in [-0.1, -0.05) is 18.0 Å². The van der Waals surface area contributed by atoms with Crippen molar-refractivity contribution in [3.63, 3.8) is 0 Å². The summed E-state index contributed by atoms with van der Waals surface area (Å²) in [7, 11) is 1.98. The summed E-state index contributed by atoms with van der Waals surface area (Å²) in [6.07, 6.45) is 5.34. The van der Waals surface area contributed by atoms with Gasteiger partial charge in [0.25, 0.3) is 0 Å². The molecule has 0 atom stereocenters. The van der Waals surface area contributed by atoms with Gasteiger partial charge in [0.1, 0.15) is 0 Å². The Morgan fingerprint density at radius 1 is 1.43 bits per heavy atom. The van der Waals surface area contributed by atoms with Crippen molar-refractivity contribution in [1.82, 2.24) is 15.1 Å². The highest BCUT2D eigenvalue weighted by Gasteiger charge is 2.02. The van der Waals surface area contributed by atoms with Crippen molar-refractivity contribution in [3.05, 3.63) is 16.9 Å². The molecule has 0 aliphatic heterocycles. The molecule has 4 heteroatoms. The number of halogens is 1. The summed E-state index contributed by atoms with van der Waals surface area (Å²) in [5, 5.41) is 8.10. The highest BCUT2D eigenvalue weighted by molar-refractivity contribution is 6.31. The summed E-state index contributed by atoms with van der Waals surface area (Å²) in [4.78, 5) is 0. The number of rotatable bonds is 6. The van der Waals surface area contributed by atoms with E-state index < -0.39 is 0 Å². The first-order valence-corrected chi connectivity index (χ1v) is 5.46. The van der Waals surface area contributed by atoms with Crippen LogP contribution in [0.4, 0.5) is 0 Å². The molecular formula is C10H18ClN3. The quantitative estimate of drug-likeness (QED) is 0.738. The lowest BCUT2D eigenvalue weighted by Crippen LogP contribution is -2.08. The molecule has 0 bridgehead atoms. The van der Waals surface area contributed by atoms with E-state index in [1.54, 1.807) is 6.20 Å². The van der Waals surface area contributed by atoms with Gasteiger partial charge in [-0.25, -0.2) is 0 Å². The maximum atomic E-state index is 5.90. The second-order valence-corrected chi connectivity index (χ2v) is 3.87. The van der Waals surface area contributed by atoms with Crippen LogP contribution in [-0.4, -0.2) is 23.4 Å². The standard InChI is InChI=1S/C10H18ClN3/c1-9-10(11)8-13-14(9)7-5-3-4-6-12-2/h8,12H,3-7H2,1-2H3. The van der Waals surface area contributed by atoms with Gasteiger partial charge in [-0.3, -0.25) is 4.68 Å². The first-order chi connectivity index (χ1) is 6.75. The molecule has 1 N–H and O–H groups in total. The summed E-state index contributed by atoms with van der Waals surface area (Å²) >= 11 is 5.90. The van der Waals surface area contributed by atoms with E-state index in [0.717, 1.165) is 23.8 Å². The lowest BCUT2D eigenvalue weighted by molar-refractivity contribution is 0.529. The molecular weight excluding hydrogens is 198 g/mol. The Morgan fingerprint density at radius 2 is 2.21 bits per heavy atom. The van der Waals surface area contributed by atoms with E-state index in [-0.39, 0.29) is 0 Å². The van der Waals surface area contributed by atoms with Crippen molar-refractivity contribution in [1.29, 1.82) is 0 Å². The molecule has 0 fully saturated rings. The molecule has 0 aliphatic carbocycles. The molecule has 1 heterocycles. The summed E-state index contributed by atoms with van der Waals surface area (Å²) in [5.41, 5.74) is 1.07. The average molecular weight is 216 g/mol. The number of nitrogens with one attached hydrogen (secondary N) is 1. The molecule has 1 aromatic heterocycles. The molecule has 1 rings (SSSR count). The normalized spacial score (nSPS) is 10.8. The molecule has 0 spiro atoms. The predicted octanol–water partition coefficient (Wildman–Crippen LogP) is 2.23. The van der Waals surface area contributed by atoms with Crippen LogP contribution in [0.3, 0.4) is 0 Å². The summed E-state index contributed by atoms with van der Waals surface area (Å²) in [5.74, 6) is 0. The summed E-state index contributed by atoms with van der Waals surface area (Å²) < 4.78 is 1.97. The zero-order chi connectivity index (χ0) is 10.4. The zero-order valence-electron chi connectivity index (χ0n) is 8.89. The smallest absolute Gasteiger partial charge is 0.0814 e. The van der Waals surface area contributed by atoms with Gasteiger partial charge in [-0.05, 0) is 33.4 Å². The molecule has 0 unspecified atom stereocenters. The van der Waals surface area contributed by atoms with Crippen LogP contribution in [0.25, 0.3) is 0 Å². The number of hydrogen-bond donors (Lipinski definition) is 1. The van der Waals surface area contributed by atoms with E-state index >= 15 is 0 Å². The lowest BCUT2D eigenvalue weighted by Gasteiger charge is -2.04. The van der Waals surface area contributed by atoms with Gasteiger partial charge < -0.3 is 5.32 Å². The Kier molecular flexibility index (Phi) is 4.98. The van der Waals surface area contributed by atoms with Crippen LogP contribution in [0.15, 0.2) is 6.20 Å². The van der Waals surface area contributed by atoms with Crippen molar-refractivity contribution in [2.75, 3.05) is 13.6 Å². The lowest BCUT2D eigenvalue weighted by atomic mass is 10.2. The fourth-order valence-corrected chi connectivity index (χ4v) is 1.53. The van der Waals surface area contributed by atoms with Crippen molar-refractivity contribution >= 4 is 11.6 Å². The van der Waals surface area contributed by atoms with E-state index in [9.17, 15) is 0 Å². The zero-order valence-corrected chi connectivity index (χ0v) is 9.64. The third kappa shape index (κ3) is 3.31. The largest absolute Gasteiger partial charge is 0.320 e. The number of unbranched alkanes of at least 4 members (excludes halogenated alkanes) is 2. The topological polar surface area (TPSA) is 29.9 Å². The van der Waals surface area contributed by atoms with Crippen molar-refractivity contribution in [2.45, 2.75) is 32.7 Å². The van der Waals surface area contributed by atoms with Crippen LogP contribution in [0.1, 0.15) is 25.0 Å². The van der Waals surface area contributed by atoms with E-state index in [4.69, 9.17) is 11.6 Å². The van der Waals surface area contributed by atoms with Gasteiger partial charge in [0.2, 0.25) is 0 Å². The van der Waals surface area contributed by atoms with Gasteiger partial charge in [-0.15, -0.1) is 0 Å². The first kappa shape index (κ1) is 11.5. The Bertz CT molecular complexity index is 270. The van der Waals surface area contributed by atoms with Gasteiger partial charge in [0.15, 0.2) is 0 Å². The minimum Gasteiger partial charge on any atom is -0.320 e. The molecule has 80 valence electrons. The maximum absolute atomic E-state index is 5.90. The van der Waals surface area contributed by atoms with Crippen molar-refractivity contribution in [3.8, 4) is 0 Å². The van der Waals surface area contributed by atoms with E-state index in [2.05, 4.69) is 10.4 Å². The fourth-order valence-electron chi connectivity index (χ4n) is 1.39. The molecule has 0 saturated heterocycles. The Balaban J connectivity index is 2.21. The molecule has 1 aromatic rings. The van der Waals surface area contributed by atoms with Crippen LogP contribution >= 0.6 is 11.6 Å². The van der Waals surface area contributed by atoms with Gasteiger partial charge in [0, 0.05) is 6.54 Å². The monoisotopic (exact) mass is 215 g/mol. The van der Waals surface area contributed by atoms with E-state index in [1.165, 1.54) is 19.3 Å². The second-order valence-electron chi connectivity index (χ2n) is 3.47. The van der Waals surface area contributed by atoms with Crippen LogP contribution in [0, 0.1) is 6.92 Å². The molecule has 14 heavy (non-hydrogen) atoms. The highest BCUT2D eigenvalue weighted by Crippen LogP contribution is 2.13. The van der Waals surface area contributed by atoms with Crippen LogP contribution in [-0.2, 0) is 6.54 Å². The predicted molar refractivity (Wildman–Crippen MR) is 59.8 cm³/mol. The molecule has 0 saturated carbocycles. The second kappa shape index (κ2) is 6.04. The highest BCUT2D eigenvalue weighted by atomic mass is 35.5. The molecule has 0 radical (unpaired) electrons. The summed E-state index contributed by atoms with van der Waals surface area (Å²) in [6.45, 7) is 4.07. The van der Waals surface area contributed by atoms with Gasteiger partial charge in [0.05, 0.1) is 16.9 Å². The Labute approximate surface area is 90.4 Å². The SMILES string of the molecule is CNCCCCCn1ncc(Cl)c1C. The number of aromatic nitrogens is 2. The molecule has 3 nitrogen and oxygen atoms in total. The van der Waals surface area contributed by atoms with E-state index in [1.807, 2.05) is 18.7 Å². The van der Waals surface area contributed by atoms with Crippen LogP contribution in [0.5, 0.6) is 0 Å². The van der Waals surface area contributed by atoms with Crippen molar-refractivity contribution < 1.29 is 0 Å². The van der Waals surface area contributed by atoms with Crippen molar-refractivity contribution in [2.24, 2.45) is 0 Å². The van der Waals surface area contributed by atoms with Crippen LogP contribution in [0.2, 0.25) is 5.02 Å². The Morgan fingerprint density at radius 3 is 2.79 bits per heavy atom. The minimum absolute atomic E-state index is 0.764. The maximum Gasteiger partial charge on any atom is 0.0814 e. The minimum atomic E-state index is 0.764. The fraction of sp³-hybridized carbons (Fsp3) is 0.700.